The van der Waals surface area contributed by atoms with Crippen LogP contribution in [0.5, 0.6) is 0 Å². The van der Waals surface area contributed by atoms with Gasteiger partial charge in [-0.25, -0.2) is 8.78 Å². The number of aromatic nitrogens is 1. The van der Waals surface area contributed by atoms with Crippen LogP contribution in [0.25, 0.3) is 0 Å². The number of alkyl halides is 2. The van der Waals surface area contributed by atoms with Gasteiger partial charge in [0.1, 0.15) is 5.92 Å². The number of hydrogen-bond acceptors (Lipinski definition) is 2. The minimum Gasteiger partial charge on any atom is -0.324 e. The van der Waals surface area contributed by atoms with Crippen molar-refractivity contribution >= 4 is 11.6 Å². The van der Waals surface area contributed by atoms with Crippen molar-refractivity contribution < 1.29 is 13.6 Å². The zero-order valence-electron chi connectivity index (χ0n) is 9.05. The molecule has 16 heavy (non-hydrogen) atoms. The number of carbonyl (C=O) groups is 1. The molecule has 0 saturated heterocycles. The SMILES string of the molecule is Cc1ccc(NC(=O)[C@@H]2CC2(F)F)c(C)n1. The zero-order valence-corrected chi connectivity index (χ0v) is 9.05. The van der Waals surface area contributed by atoms with Crippen LogP contribution < -0.4 is 5.32 Å². The van der Waals surface area contributed by atoms with Gasteiger partial charge in [0, 0.05) is 12.1 Å². The van der Waals surface area contributed by atoms with E-state index in [4.69, 9.17) is 0 Å². The Labute approximate surface area is 91.9 Å². The molecule has 1 atom stereocenters. The van der Waals surface area contributed by atoms with Crippen LogP contribution >= 0.6 is 0 Å². The van der Waals surface area contributed by atoms with E-state index < -0.39 is 17.7 Å². The molecule has 1 aromatic heterocycles. The summed E-state index contributed by atoms with van der Waals surface area (Å²) in [6.07, 6.45) is -0.350. The molecule has 3 nitrogen and oxygen atoms in total. The van der Waals surface area contributed by atoms with Crippen molar-refractivity contribution in [3.63, 3.8) is 0 Å². The molecule has 0 aromatic carbocycles. The van der Waals surface area contributed by atoms with Crippen LogP contribution in [-0.4, -0.2) is 16.8 Å². The zero-order chi connectivity index (χ0) is 11.9. The Morgan fingerprint density at radius 3 is 2.62 bits per heavy atom. The first-order valence-electron chi connectivity index (χ1n) is 5.03. The number of nitrogens with one attached hydrogen (secondary N) is 1. The largest absolute Gasteiger partial charge is 0.324 e. The molecule has 0 aliphatic heterocycles. The summed E-state index contributed by atoms with van der Waals surface area (Å²) in [5, 5.41) is 2.47. The van der Waals surface area contributed by atoms with E-state index >= 15 is 0 Å². The minimum absolute atomic E-state index is 0.350. The van der Waals surface area contributed by atoms with Gasteiger partial charge < -0.3 is 5.32 Å². The number of halogens is 2. The summed E-state index contributed by atoms with van der Waals surface area (Å²) < 4.78 is 25.3. The Balaban J connectivity index is 2.07. The molecule has 1 aliphatic rings. The molecule has 1 heterocycles. The van der Waals surface area contributed by atoms with Crippen molar-refractivity contribution in [1.82, 2.24) is 4.98 Å². The standard InChI is InChI=1S/C11H12F2N2O/c1-6-3-4-9(7(2)14-6)15-10(16)8-5-11(8,12)13/h3-4,8H,5H2,1-2H3,(H,15,16)/t8-/m0/s1. The molecule has 0 radical (unpaired) electrons. The first kappa shape index (κ1) is 11.0. The lowest BCUT2D eigenvalue weighted by atomic mass is 10.2. The van der Waals surface area contributed by atoms with Gasteiger partial charge in [-0.1, -0.05) is 0 Å². The Morgan fingerprint density at radius 1 is 1.50 bits per heavy atom. The predicted molar refractivity (Wildman–Crippen MR) is 55.4 cm³/mol. The maximum Gasteiger partial charge on any atom is 0.260 e. The summed E-state index contributed by atoms with van der Waals surface area (Å²) in [7, 11) is 0. The molecular formula is C11H12F2N2O. The Hall–Kier alpha value is -1.52. The van der Waals surface area contributed by atoms with Gasteiger partial charge in [-0.05, 0) is 26.0 Å². The van der Waals surface area contributed by atoms with E-state index in [0.717, 1.165) is 5.69 Å². The summed E-state index contributed by atoms with van der Waals surface area (Å²) in [6, 6.07) is 3.41. The predicted octanol–water partition coefficient (Wildman–Crippen LogP) is 2.29. The summed E-state index contributed by atoms with van der Waals surface area (Å²) in [5.74, 6) is -4.62. The molecule has 1 aromatic rings. The highest BCUT2D eigenvalue weighted by molar-refractivity contribution is 5.95. The molecule has 0 spiro atoms. The molecule has 0 unspecified atom stereocenters. The van der Waals surface area contributed by atoms with Crippen LogP contribution in [0.3, 0.4) is 0 Å². The molecule has 2 rings (SSSR count). The monoisotopic (exact) mass is 226 g/mol. The normalized spacial score (nSPS) is 21.6. The van der Waals surface area contributed by atoms with Crippen LogP contribution in [0.2, 0.25) is 0 Å². The van der Waals surface area contributed by atoms with Crippen molar-refractivity contribution in [2.24, 2.45) is 5.92 Å². The van der Waals surface area contributed by atoms with Crippen molar-refractivity contribution in [3.8, 4) is 0 Å². The van der Waals surface area contributed by atoms with Crippen LogP contribution in [0.15, 0.2) is 12.1 Å². The third-order valence-corrected chi connectivity index (χ3v) is 2.63. The fourth-order valence-electron chi connectivity index (χ4n) is 1.54. The molecule has 1 aliphatic carbocycles. The van der Waals surface area contributed by atoms with E-state index in [9.17, 15) is 13.6 Å². The summed E-state index contributed by atoms with van der Waals surface area (Å²) in [4.78, 5) is 15.5. The van der Waals surface area contributed by atoms with Crippen molar-refractivity contribution in [3.05, 3.63) is 23.5 Å². The first-order chi connectivity index (χ1) is 7.40. The van der Waals surface area contributed by atoms with E-state index in [-0.39, 0.29) is 6.42 Å². The van der Waals surface area contributed by atoms with Gasteiger partial charge in [0.15, 0.2) is 0 Å². The highest BCUT2D eigenvalue weighted by Crippen LogP contribution is 2.49. The lowest BCUT2D eigenvalue weighted by Gasteiger charge is -2.07. The number of anilines is 1. The van der Waals surface area contributed by atoms with Crippen molar-refractivity contribution in [1.29, 1.82) is 0 Å². The Bertz CT molecular complexity index is 446. The summed E-state index contributed by atoms with van der Waals surface area (Å²) in [6.45, 7) is 3.56. The molecule has 0 bridgehead atoms. The second-order valence-corrected chi connectivity index (χ2v) is 4.09. The van der Waals surface area contributed by atoms with E-state index in [1.165, 1.54) is 0 Å². The number of carbonyl (C=O) groups excluding carboxylic acids is 1. The summed E-state index contributed by atoms with van der Waals surface area (Å²) >= 11 is 0. The minimum atomic E-state index is -2.82. The van der Waals surface area contributed by atoms with Gasteiger partial charge in [0.25, 0.3) is 5.92 Å². The smallest absolute Gasteiger partial charge is 0.260 e. The highest BCUT2D eigenvalue weighted by atomic mass is 19.3. The van der Waals surface area contributed by atoms with Gasteiger partial charge in [0.2, 0.25) is 5.91 Å². The number of hydrogen-bond donors (Lipinski definition) is 1. The molecule has 1 saturated carbocycles. The maximum absolute atomic E-state index is 12.6. The molecule has 5 heteroatoms. The first-order valence-corrected chi connectivity index (χ1v) is 5.03. The lowest BCUT2D eigenvalue weighted by molar-refractivity contribution is -0.119. The average molecular weight is 226 g/mol. The average Bonchev–Trinajstić information content (AvgIpc) is 2.80. The second kappa shape index (κ2) is 3.50. The lowest BCUT2D eigenvalue weighted by Crippen LogP contribution is -2.18. The third-order valence-electron chi connectivity index (χ3n) is 2.63. The topological polar surface area (TPSA) is 42.0 Å². The molecule has 86 valence electrons. The van der Waals surface area contributed by atoms with Crippen molar-refractivity contribution in [2.45, 2.75) is 26.2 Å². The van der Waals surface area contributed by atoms with Gasteiger partial charge in [-0.2, -0.15) is 0 Å². The summed E-state index contributed by atoms with van der Waals surface area (Å²) in [5.41, 5.74) is 1.96. The molecule has 1 amide bonds. The second-order valence-electron chi connectivity index (χ2n) is 4.09. The van der Waals surface area contributed by atoms with Gasteiger partial charge in [-0.3, -0.25) is 9.78 Å². The van der Waals surface area contributed by atoms with E-state index in [1.54, 1.807) is 19.1 Å². The van der Waals surface area contributed by atoms with Crippen molar-refractivity contribution in [2.75, 3.05) is 5.32 Å². The quantitative estimate of drug-likeness (QED) is 0.840. The number of amides is 1. The molecular weight excluding hydrogens is 214 g/mol. The van der Waals surface area contributed by atoms with Gasteiger partial charge >= 0.3 is 0 Å². The number of rotatable bonds is 2. The van der Waals surface area contributed by atoms with E-state index in [1.807, 2.05) is 6.92 Å². The highest BCUT2D eigenvalue weighted by Gasteiger charge is 2.61. The van der Waals surface area contributed by atoms with Crippen LogP contribution in [-0.2, 0) is 4.79 Å². The van der Waals surface area contributed by atoms with Crippen LogP contribution in [0.1, 0.15) is 17.8 Å². The number of nitrogens with zero attached hydrogens (tertiary/aromatic N) is 1. The number of aryl methyl sites for hydroxylation is 2. The van der Waals surface area contributed by atoms with Gasteiger partial charge in [-0.15, -0.1) is 0 Å². The maximum atomic E-state index is 12.6. The van der Waals surface area contributed by atoms with E-state index in [2.05, 4.69) is 10.3 Å². The fraction of sp³-hybridized carbons (Fsp3) is 0.455. The van der Waals surface area contributed by atoms with Crippen LogP contribution in [0.4, 0.5) is 14.5 Å². The Morgan fingerprint density at radius 2 is 2.12 bits per heavy atom. The third kappa shape index (κ3) is 2.03. The molecule has 1 fully saturated rings. The fourth-order valence-corrected chi connectivity index (χ4v) is 1.54. The van der Waals surface area contributed by atoms with E-state index in [0.29, 0.717) is 11.4 Å². The van der Waals surface area contributed by atoms with Gasteiger partial charge in [0.05, 0.1) is 11.4 Å². The number of pyridine rings is 1. The Kier molecular flexibility index (Phi) is 2.40. The van der Waals surface area contributed by atoms with Crippen LogP contribution in [0, 0.1) is 19.8 Å². The molecule has 1 N–H and O–H groups in total.